The van der Waals surface area contributed by atoms with E-state index in [4.69, 9.17) is 4.42 Å². The minimum absolute atomic E-state index is 0.106. The molecule has 1 heterocycles. The summed E-state index contributed by atoms with van der Waals surface area (Å²) < 4.78 is 82.1. The summed E-state index contributed by atoms with van der Waals surface area (Å²) in [4.78, 5) is 12.2. The highest BCUT2D eigenvalue weighted by atomic mass is 32.2. The van der Waals surface area contributed by atoms with Gasteiger partial charge in [-0.05, 0) is 29.8 Å². The molecule has 0 atom stereocenters. The Morgan fingerprint density at radius 1 is 1.25 bits per heavy atom. The number of rotatable bonds is 9. The van der Waals surface area contributed by atoms with Gasteiger partial charge in [-0.1, -0.05) is 12.1 Å². The second-order valence-corrected chi connectivity index (χ2v) is 8.19. The Balaban J connectivity index is 1.96. The molecule has 0 saturated heterocycles. The van der Waals surface area contributed by atoms with E-state index in [2.05, 4.69) is 10.1 Å². The minimum Gasteiger partial charge on any atom is -0.455 e. The van der Waals surface area contributed by atoms with Crippen LogP contribution in [0.15, 0.2) is 40.8 Å². The van der Waals surface area contributed by atoms with Crippen LogP contribution in [0.3, 0.4) is 0 Å². The van der Waals surface area contributed by atoms with Crippen molar-refractivity contribution in [3.8, 4) is 0 Å². The number of furan rings is 1. The lowest BCUT2D eigenvalue weighted by molar-refractivity contribution is -0.168. The van der Waals surface area contributed by atoms with E-state index in [0.717, 1.165) is 6.26 Å². The molecule has 2 aromatic rings. The fourth-order valence-corrected chi connectivity index (χ4v) is 2.81. The van der Waals surface area contributed by atoms with Crippen LogP contribution >= 0.6 is 0 Å². The third kappa shape index (κ3) is 6.64. The number of carbonyl (C=O) groups is 1. The Hall–Kier alpha value is -2.40. The molecule has 0 aliphatic rings. The smallest absolute Gasteiger partial charge is 0.330 e. The molecule has 28 heavy (non-hydrogen) atoms. The fourth-order valence-electron chi connectivity index (χ4n) is 2.14. The zero-order valence-electron chi connectivity index (χ0n) is 14.6. The second-order valence-electron chi connectivity index (χ2n) is 6.05. The number of alkyl halides is 4. The molecule has 0 saturated carbocycles. The van der Waals surface area contributed by atoms with Crippen LogP contribution in [0.4, 0.5) is 23.2 Å². The molecule has 1 aromatic carbocycles. The maximum Gasteiger partial charge on any atom is 0.330 e. The maximum atomic E-state index is 12.8. The van der Waals surface area contributed by atoms with Crippen LogP contribution < -0.4 is 5.32 Å². The average Bonchev–Trinajstić information content (AvgIpc) is 3.01. The first-order chi connectivity index (χ1) is 13.0. The normalized spacial score (nSPS) is 12.4. The minimum atomic E-state index is -4.24. The first-order valence-corrected chi connectivity index (χ1v) is 9.93. The number of ether oxygens (including phenoxy) is 1. The van der Waals surface area contributed by atoms with Gasteiger partial charge in [0, 0.05) is 11.9 Å². The van der Waals surface area contributed by atoms with Crippen LogP contribution in [0.2, 0.25) is 0 Å². The van der Waals surface area contributed by atoms with Gasteiger partial charge in [0.2, 0.25) is 0 Å². The number of hydrogen-bond acceptors (Lipinski definition) is 5. The van der Waals surface area contributed by atoms with E-state index in [1.54, 1.807) is 0 Å². The number of halogens is 4. The molecule has 1 amide bonds. The highest BCUT2D eigenvalue weighted by Gasteiger charge is 2.40. The maximum absolute atomic E-state index is 12.8. The molecule has 6 nitrogen and oxygen atoms in total. The quantitative estimate of drug-likeness (QED) is 0.624. The summed E-state index contributed by atoms with van der Waals surface area (Å²) in [6.45, 7) is -1.79. The van der Waals surface area contributed by atoms with Crippen molar-refractivity contribution in [3.05, 3.63) is 53.5 Å². The molecule has 154 valence electrons. The number of nitrogens with one attached hydrogen (secondary N) is 1. The van der Waals surface area contributed by atoms with Gasteiger partial charge in [0.15, 0.2) is 15.6 Å². The fraction of sp³-hybridized carbons (Fsp3) is 0.353. The Kier molecular flexibility index (Phi) is 6.83. The molecule has 0 aliphatic carbocycles. The van der Waals surface area contributed by atoms with E-state index in [1.807, 2.05) is 0 Å². The van der Waals surface area contributed by atoms with E-state index in [-0.39, 0.29) is 29.6 Å². The van der Waals surface area contributed by atoms with Gasteiger partial charge in [-0.25, -0.2) is 17.2 Å². The monoisotopic (exact) mass is 423 g/mol. The molecule has 2 rings (SSSR count). The summed E-state index contributed by atoms with van der Waals surface area (Å²) in [5, 5.41) is 2.49. The third-order valence-corrected chi connectivity index (χ3v) is 4.17. The van der Waals surface area contributed by atoms with Crippen molar-refractivity contribution < 1.29 is 39.9 Å². The van der Waals surface area contributed by atoms with Crippen molar-refractivity contribution in [2.45, 2.75) is 24.7 Å². The molecule has 0 spiro atoms. The lowest BCUT2D eigenvalue weighted by Gasteiger charge is -2.15. The molecule has 0 fully saturated rings. The third-order valence-electron chi connectivity index (χ3n) is 3.36. The van der Waals surface area contributed by atoms with Gasteiger partial charge in [-0.2, -0.15) is 8.78 Å². The topological polar surface area (TPSA) is 85.6 Å². The van der Waals surface area contributed by atoms with E-state index in [0.29, 0.717) is 5.56 Å². The molecule has 0 aliphatic heterocycles. The number of hydrogen-bond donors (Lipinski definition) is 1. The molecule has 0 unspecified atom stereocenters. The van der Waals surface area contributed by atoms with Crippen molar-refractivity contribution in [3.63, 3.8) is 0 Å². The highest BCUT2D eigenvalue weighted by Crippen LogP contribution is 2.23. The van der Waals surface area contributed by atoms with Crippen LogP contribution in [0.25, 0.3) is 0 Å². The summed E-state index contributed by atoms with van der Waals surface area (Å²) in [7, 11) is -3.32. The molecule has 1 aromatic heterocycles. The van der Waals surface area contributed by atoms with E-state index < -0.39 is 34.7 Å². The molecule has 1 N–H and O–H groups in total. The largest absolute Gasteiger partial charge is 0.455 e. The van der Waals surface area contributed by atoms with E-state index in [1.165, 1.54) is 36.4 Å². The van der Waals surface area contributed by atoms with Gasteiger partial charge in [0.1, 0.15) is 18.1 Å². The van der Waals surface area contributed by atoms with Gasteiger partial charge in [0.05, 0.1) is 6.61 Å². The standard InChI is InChI=1S/C17H17F4NO5S/c1-28(24,25)9-13-5-6-14(27-13)15(23)22-12-4-2-3-11(7-12)8-26-10-17(20,21)16(18)19/h2-7,16H,8-10H2,1H3,(H,22,23). The van der Waals surface area contributed by atoms with Crippen LogP contribution in [0.5, 0.6) is 0 Å². The number of carbonyl (C=O) groups excluding carboxylic acids is 1. The highest BCUT2D eigenvalue weighted by molar-refractivity contribution is 7.89. The Labute approximate surface area is 158 Å². The van der Waals surface area contributed by atoms with Crippen molar-refractivity contribution >= 4 is 21.4 Å². The van der Waals surface area contributed by atoms with Crippen LogP contribution in [0.1, 0.15) is 21.9 Å². The van der Waals surface area contributed by atoms with Gasteiger partial charge in [0.25, 0.3) is 5.91 Å². The zero-order valence-corrected chi connectivity index (χ0v) is 15.4. The molecule has 11 heteroatoms. The van der Waals surface area contributed by atoms with Crippen LogP contribution in [-0.4, -0.2) is 39.5 Å². The lowest BCUT2D eigenvalue weighted by Crippen LogP contribution is -2.32. The number of amides is 1. The summed E-state index contributed by atoms with van der Waals surface area (Å²) >= 11 is 0. The predicted octanol–water partition coefficient (Wildman–Crippen LogP) is 3.49. The van der Waals surface area contributed by atoms with E-state index >= 15 is 0 Å². The van der Waals surface area contributed by atoms with Crippen molar-refractivity contribution in [2.24, 2.45) is 0 Å². The second kappa shape index (κ2) is 8.74. The van der Waals surface area contributed by atoms with Crippen molar-refractivity contribution in [1.82, 2.24) is 0 Å². The number of sulfone groups is 1. The number of benzene rings is 1. The average molecular weight is 423 g/mol. The summed E-state index contributed by atoms with van der Waals surface area (Å²) in [5.74, 6) is -5.25. The van der Waals surface area contributed by atoms with Gasteiger partial charge in [-0.15, -0.1) is 0 Å². The summed E-state index contributed by atoms with van der Waals surface area (Å²) in [6.07, 6.45) is -2.79. The molecule has 0 radical (unpaired) electrons. The van der Waals surface area contributed by atoms with Crippen molar-refractivity contribution in [1.29, 1.82) is 0 Å². The van der Waals surface area contributed by atoms with Gasteiger partial charge < -0.3 is 14.5 Å². The van der Waals surface area contributed by atoms with Crippen molar-refractivity contribution in [2.75, 3.05) is 18.2 Å². The number of anilines is 1. The lowest BCUT2D eigenvalue weighted by atomic mass is 10.2. The molecular weight excluding hydrogens is 406 g/mol. The van der Waals surface area contributed by atoms with Crippen LogP contribution in [-0.2, 0) is 26.9 Å². The summed E-state index contributed by atoms with van der Waals surface area (Å²) in [5.41, 5.74) is 0.660. The molecular formula is C17H17F4NO5S. The van der Waals surface area contributed by atoms with Gasteiger partial charge >= 0.3 is 12.3 Å². The van der Waals surface area contributed by atoms with Gasteiger partial charge in [-0.3, -0.25) is 4.79 Å². The predicted molar refractivity (Wildman–Crippen MR) is 92.3 cm³/mol. The van der Waals surface area contributed by atoms with E-state index in [9.17, 15) is 30.8 Å². The summed E-state index contributed by atoms with van der Waals surface area (Å²) in [6, 6.07) is 8.62. The Morgan fingerprint density at radius 3 is 2.61 bits per heavy atom. The zero-order chi connectivity index (χ0) is 20.9. The van der Waals surface area contributed by atoms with Crippen LogP contribution in [0, 0.1) is 0 Å². The molecule has 0 bridgehead atoms. The first kappa shape index (κ1) is 21.9. The first-order valence-electron chi connectivity index (χ1n) is 7.87. The Morgan fingerprint density at radius 2 is 1.96 bits per heavy atom. The SMILES string of the molecule is CS(=O)(=O)Cc1ccc(C(=O)Nc2cccc(COCC(F)(F)C(F)F)c2)o1. The Bertz CT molecular complexity index is 927.